The number of aryl methyl sites for hydroxylation is 1. The van der Waals surface area contributed by atoms with Crippen LogP contribution in [0.4, 0.5) is 5.69 Å². The zero-order chi connectivity index (χ0) is 21.0. The van der Waals surface area contributed by atoms with Crippen molar-refractivity contribution in [3.63, 3.8) is 0 Å². The van der Waals surface area contributed by atoms with Crippen molar-refractivity contribution in [3.8, 4) is 0 Å². The van der Waals surface area contributed by atoms with Crippen molar-refractivity contribution in [2.45, 2.75) is 50.9 Å². The van der Waals surface area contributed by atoms with Crippen LogP contribution < -0.4 is 4.90 Å². The van der Waals surface area contributed by atoms with Crippen LogP contribution in [0.2, 0.25) is 5.02 Å². The van der Waals surface area contributed by atoms with Gasteiger partial charge in [-0.25, -0.2) is 0 Å². The van der Waals surface area contributed by atoms with E-state index in [2.05, 4.69) is 57.4 Å². The van der Waals surface area contributed by atoms with Crippen LogP contribution in [0.1, 0.15) is 55.6 Å². The number of piperidine rings is 1. The zero-order valence-corrected chi connectivity index (χ0v) is 21.7. The van der Waals surface area contributed by atoms with Crippen LogP contribution in [0.5, 0.6) is 0 Å². The van der Waals surface area contributed by atoms with Crippen LogP contribution in [0.25, 0.3) is 10.9 Å². The molecule has 0 bridgehead atoms. The van der Waals surface area contributed by atoms with Gasteiger partial charge in [-0.3, -0.25) is 0 Å². The fourth-order valence-electron chi connectivity index (χ4n) is 5.58. The van der Waals surface area contributed by atoms with Crippen LogP contribution >= 0.6 is 36.4 Å². The van der Waals surface area contributed by atoms with Gasteiger partial charge in [0.05, 0.1) is 0 Å². The number of hydrogen-bond donors (Lipinski definition) is 1. The molecule has 0 atom stereocenters. The third-order valence-electron chi connectivity index (χ3n) is 7.31. The Balaban J connectivity index is 0.00000153. The van der Waals surface area contributed by atoms with Gasteiger partial charge >= 0.3 is 0 Å². The highest BCUT2D eigenvalue weighted by molar-refractivity contribution is 6.31. The third kappa shape index (κ3) is 6.19. The van der Waals surface area contributed by atoms with Gasteiger partial charge in [0, 0.05) is 40.9 Å². The van der Waals surface area contributed by atoms with E-state index in [9.17, 15) is 0 Å². The number of fused-ring (bicyclic) bond motifs is 2. The summed E-state index contributed by atoms with van der Waals surface area (Å²) in [6.45, 7) is 6.13. The fourth-order valence-corrected chi connectivity index (χ4v) is 5.75. The number of benzene rings is 2. The number of aromatic nitrogens is 1. The van der Waals surface area contributed by atoms with Crippen molar-refractivity contribution in [2.75, 3.05) is 37.6 Å². The Hall–Kier alpha value is -1.39. The third-order valence-corrected chi connectivity index (χ3v) is 7.55. The summed E-state index contributed by atoms with van der Waals surface area (Å²) >= 11 is 6.24. The number of nitrogens with zero attached hydrogens (tertiary/aromatic N) is 2. The minimum atomic E-state index is 0. The first-order valence-electron chi connectivity index (χ1n) is 12.1. The molecule has 180 valence electrons. The van der Waals surface area contributed by atoms with Crippen molar-refractivity contribution in [1.82, 2.24) is 9.88 Å². The monoisotopic (exact) mass is 507 g/mol. The zero-order valence-electron chi connectivity index (χ0n) is 19.3. The predicted molar refractivity (Wildman–Crippen MR) is 147 cm³/mol. The lowest BCUT2D eigenvalue weighted by Crippen LogP contribution is -2.34. The average Bonchev–Trinajstić information content (AvgIpc) is 3.22. The molecule has 2 aliphatic rings. The van der Waals surface area contributed by atoms with E-state index in [-0.39, 0.29) is 24.8 Å². The number of hydrogen-bond acceptors (Lipinski definition) is 2. The van der Waals surface area contributed by atoms with Gasteiger partial charge < -0.3 is 14.8 Å². The lowest BCUT2D eigenvalue weighted by atomic mass is 9.89. The van der Waals surface area contributed by atoms with E-state index in [0.717, 1.165) is 5.02 Å². The van der Waals surface area contributed by atoms with Gasteiger partial charge in [0.1, 0.15) is 0 Å². The Morgan fingerprint density at radius 3 is 2.55 bits per heavy atom. The summed E-state index contributed by atoms with van der Waals surface area (Å²) in [5.41, 5.74) is 5.68. The number of anilines is 1. The molecule has 2 aliphatic heterocycles. The van der Waals surface area contributed by atoms with Gasteiger partial charge in [-0.05, 0) is 99.5 Å². The van der Waals surface area contributed by atoms with Crippen LogP contribution in [-0.2, 0) is 6.42 Å². The van der Waals surface area contributed by atoms with E-state index in [1.54, 1.807) is 0 Å². The van der Waals surface area contributed by atoms with Crippen LogP contribution in [0.15, 0.2) is 48.7 Å². The molecule has 0 unspecified atom stereocenters. The normalized spacial score (nSPS) is 16.8. The first kappa shape index (κ1) is 26.2. The van der Waals surface area contributed by atoms with Gasteiger partial charge in [0.2, 0.25) is 0 Å². The molecule has 3 aromatic rings. The second-order valence-electron chi connectivity index (χ2n) is 9.33. The van der Waals surface area contributed by atoms with Crippen molar-refractivity contribution < 1.29 is 0 Å². The molecule has 6 heteroatoms. The number of H-pyrrole nitrogens is 1. The molecule has 33 heavy (non-hydrogen) atoms. The summed E-state index contributed by atoms with van der Waals surface area (Å²) in [5, 5.41) is 2.14. The molecule has 5 rings (SSSR count). The second-order valence-corrected chi connectivity index (χ2v) is 9.77. The Labute approximate surface area is 215 Å². The summed E-state index contributed by atoms with van der Waals surface area (Å²) < 4.78 is 0. The van der Waals surface area contributed by atoms with E-state index in [0.29, 0.717) is 5.92 Å². The van der Waals surface area contributed by atoms with Crippen molar-refractivity contribution in [2.24, 2.45) is 0 Å². The largest absolute Gasteiger partial charge is 0.371 e. The maximum Gasteiger partial charge on any atom is 0.0457 e. The average molecular weight is 509 g/mol. The molecule has 1 saturated heterocycles. The highest BCUT2D eigenvalue weighted by Crippen LogP contribution is 2.34. The van der Waals surface area contributed by atoms with E-state index in [4.69, 9.17) is 11.6 Å². The number of nitrogens with one attached hydrogen (secondary N) is 1. The van der Waals surface area contributed by atoms with E-state index >= 15 is 0 Å². The lowest BCUT2D eigenvalue weighted by Gasteiger charge is -2.32. The number of unbranched alkanes of at least 4 members (excludes halogenated alkanes) is 2. The molecule has 0 amide bonds. The number of rotatable bonds is 7. The highest BCUT2D eigenvalue weighted by atomic mass is 35.5. The molecular weight excluding hydrogens is 473 g/mol. The van der Waals surface area contributed by atoms with Gasteiger partial charge in [-0.15, -0.1) is 24.8 Å². The van der Waals surface area contributed by atoms with Crippen LogP contribution in [0.3, 0.4) is 0 Å². The molecule has 2 aromatic carbocycles. The minimum Gasteiger partial charge on any atom is -0.371 e. The molecule has 3 nitrogen and oxygen atoms in total. The molecule has 0 saturated carbocycles. The molecule has 0 radical (unpaired) electrons. The van der Waals surface area contributed by atoms with Crippen LogP contribution in [-0.4, -0.2) is 42.6 Å². The Kier molecular flexibility index (Phi) is 9.81. The number of halogens is 3. The van der Waals surface area contributed by atoms with E-state index in [1.807, 2.05) is 6.07 Å². The number of likely N-dealkylation sites (tertiary alicyclic amines) is 1. The number of aromatic amines is 1. The highest BCUT2D eigenvalue weighted by Gasteiger charge is 2.22. The van der Waals surface area contributed by atoms with Gasteiger partial charge in [0.15, 0.2) is 0 Å². The summed E-state index contributed by atoms with van der Waals surface area (Å²) in [5.74, 6) is 0.655. The molecule has 1 N–H and O–H groups in total. The first-order valence-corrected chi connectivity index (χ1v) is 12.5. The summed E-state index contributed by atoms with van der Waals surface area (Å²) in [4.78, 5) is 8.71. The molecular formula is C27H36Cl3N3. The Bertz CT molecular complexity index is 1010. The predicted octanol–water partition coefficient (Wildman–Crippen LogP) is 7.47. The lowest BCUT2D eigenvalue weighted by molar-refractivity contribution is 0.209. The van der Waals surface area contributed by atoms with Gasteiger partial charge in [-0.1, -0.05) is 36.2 Å². The SMILES string of the molecule is Cl.Cl.Clc1ccc2[nH]cc(C3CCN(CCCCCN4CCCc5ccccc54)CC3)c2c1. The molecule has 0 aliphatic carbocycles. The van der Waals surface area contributed by atoms with Crippen molar-refractivity contribution in [3.05, 3.63) is 64.8 Å². The second kappa shape index (κ2) is 12.4. The topological polar surface area (TPSA) is 22.3 Å². The summed E-state index contributed by atoms with van der Waals surface area (Å²) in [6, 6.07) is 15.2. The van der Waals surface area contributed by atoms with Gasteiger partial charge in [0.25, 0.3) is 0 Å². The van der Waals surface area contributed by atoms with Crippen LogP contribution in [0, 0.1) is 0 Å². The first-order chi connectivity index (χ1) is 15.3. The molecule has 1 aromatic heterocycles. The maximum atomic E-state index is 6.24. The van der Waals surface area contributed by atoms with E-state index < -0.39 is 0 Å². The van der Waals surface area contributed by atoms with E-state index in [1.165, 1.54) is 105 Å². The van der Waals surface area contributed by atoms with Crippen molar-refractivity contribution in [1.29, 1.82) is 0 Å². The Morgan fingerprint density at radius 1 is 0.909 bits per heavy atom. The molecule has 0 spiro atoms. The minimum absolute atomic E-state index is 0. The summed E-state index contributed by atoms with van der Waals surface area (Å²) in [7, 11) is 0. The fraction of sp³-hybridized carbons (Fsp3) is 0.481. The Morgan fingerprint density at radius 2 is 1.70 bits per heavy atom. The standard InChI is InChI=1S/C27H34ClN3.2ClH/c28-23-10-11-26-24(19-23)25(20-29-26)21-12-17-30(18-13-21)14-4-1-5-15-31-16-6-8-22-7-2-3-9-27(22)31;;/h2-3,7,9-11,19-21,29H,1,4-6,8,12-18H2;2*1H. The maximum absolute atomic E-state index is 6.24. The molecule has 1 fully saturated rings. The van der Waals surface area contributed by atoms with Crippen molar-refractivity contribution >= 4 is 53.0 Å². The quantitative estimate of drug-likeness (QED) is 0.334. The van der Waals surface area contributed by atoms with Gasteiger partial charge in [-0.2, -0.15) is 0 Å². The number of para-hydroxylation sites is 1. The molecule has 3 heterocycles. The summed E-state index contributed by atoms with van der Waals surface area (Å²) in [6.07, 6.45) is 11.2. The smallest absolute Gasteiger partial charge is 0.0457 e.